The van der Waals surface area contributed by atoms with E-state index in [1.165, 1.54) is 11.1 Å². The summed E-state index contributed by atoms with van der Waals surface area (Å²) in [5.41, 5.74) is 6.82. The molecule has 3 heterocycles. The van der Waals surface area contributed by atoms with Gasteiger partial charge in [-0.15, -0.1) is 0 Å². The Morgan fingerprint density at radius 3 is 2.63 bits per heavy atom. The fourth-order valence-corrected chi connectivity index (χ4v) is 4.39. The van der Waals surface area contributed by atoms with E-state index in [2.05, 4.69) is 57.1 Å². The number of likely N-dealkylation sites (N-methyl/N-ethyl adjacent to an activating group) is 1. The lowest BCUT2D eigenvalue weighted by atomic mass is 9.96. The zero-order chi connectivity index (χ0) is 20.5. The van der Waals surface area contributed by atoms with Crippen LogP contribution in [0.5, 0.6) is 0 Å². The van der Waals surface area contributed by atoms with Crippen LogP contribution < -0.4 is 0 Å². The summed E-state index contributed by atoms with van der Waals surface area (Å²) in [6.07, 6.45) is 9.47. The van der Waals surface area contributed by atoms with Crippen LogP contribution in [0.3, 0.4) is 0 Å². The van der Waals surface area contributed by atoms with Gasteiger partial charge in [-0.05, 0) is 54.8 Å². The first-order chi connectivity index (χ1) is 14.7. The summed E-state index contributed by atoms with van der Waals surface area (Å²) in [5, 5.41) is 11.0. The topological polar surface area (TPSA) is 55.4 Å². The average Bonchev–Trinajstić information content (AvgIpc) is 3.19. The molecule has 154 valence electrons. The zero-order valence-corrected chi connectivity index (χ0v) is 17.4. The second-order valence-corrected chi connectivity index (χ2v) is 8.44. The molecular weight excluding hydrogens is 372 g/mol. The molecule has 1 aliphatic heterocycles. The van der Waals surface area contributed by atoms with Crippen LogP contribution in [-0.2, 0) is 6.54 Å². The Kier molecular flexibility index (Phi) is 5.15. The Labute approximate surface area is 177 Å². The minimum absolute atomic E-state index is 0.352. The molecule has 2 aliphatic rings. The number of piperazine rings is 1. The number of aromatic amines is 1. The SMILES string of the molecule is CN1CCN(Cc2ccc(-c3cnc4[nH]cc(C5=CC(O)=CCC5)c4c3)cc2)CC1. The van der Waals surface area contributed by atoms with E-state index in [9.17, 15) is 5.11 Å². The smallest absolute Gasteiger partial charge is 0.137 e. The number of aromatic nitrogens is 2. The number of allylic oxidation sites excluding steroid dienone is 3. The van der Waals surface area contributed by atoms with E-state index in [0.717, 1.165) is 73.3 Å². The molecule has 1 aromatic carbocycles. The number of aliphatic hydroxyl groups excluding tert-OH is 1. The predicted octanol–water partition coefficient (Wildman–Crippen LogP) is 4.60. The molecule has 0 spiro atoms. The van der Waals surface area contributed by atoms with Gasteiger partial charge < -0.3 is 15.0 Å². The summed E-state index contributed by atoms with van der Waals surface area (Å²) >= 11 is 0. The number of hydrogen-bond acceptors (Lipinski definition) is 4. The standard InChI is InChI=1S/C25H28N4O/c1-28-9-11-29(12-10-28)17-18-5-7-19(8-6-18)21-14-23-24(16-27-25(23)26-15-21)20-3-2-4-22(30)13-20/h4-8,13-16,30H,2-3,9-12,17H2,1H3,(H,26,27). The van der Waals surface area contributed by atoms with Crippen molar-refractivity contribution < 1.29 is 5.11 Å². The summed E-state index contributed by atoms with van der Waals surface area (Å²) in [6.45, 7) is 5.57. The minimum Gasteiger partial charge on any atom is -0.508 e. The number of pyridine rings is 1. The Morgan fingerprint density at radius 1 is 1.07 bits per heavy atom. The Morgan fingerprint density at radius 2 is 1.87 bits per heavy atom. The van der Waals surface area contributed by atoms with Crippen molar-refractivity contribution in [3.05, 3.63) is 71.8 Å². The van der Waals surface area contributed by atoms with Crippen LogP contribution in [0.15, 0.2) is 60.6 Å². The van der Waals surface area contributed by atoms with Crippen LogP contribution in [0.4, 0.5) is 0 Å². The lowest BCUT2D eigenvalue weighted by molar-refractivity contribution is 0.148. The van der Waals surface area contributed by atoms with E-state index < -0.39 is 0 Å². The molecule has 1 fully saturated rings. The molecule has 2 aromatic heterocycles. The number of H-pyrrole nitrogens is 1. The molecule has 0 saturated carbocycles. The number of aliphatic hydroxyl groups is 1. The molecule has 1 aliphatic carbocycles. The third-order valence-corrected chi connectivity index (χ3v) is 6.26. The number of rotatable bonds is 4. The molecule has 0 radical (unpaired) electrons. The summed E-state index contributed by atoms with van der Waals surface area (Å²) < 4.78 is 0. The molecular formula is C25H28N4O. The van der Waals surface area contributed by atoms with E-state index in [1.54, 1.807) is 0 Å². The number of nitrogens with one attached hydrogen (secondary N) is 1. The van der Waals surface area contributed by atoms with Crippen LogP contribution in [0.25, 0.3) is 27.7 Å². The number of hydrogen-bond donors (Lipinski definition) is 2. The Balaban J connectivity index is 1.38. The predicted molar refractivity (Wildman–Crippen MR) is 122 cm³/mol. The highest BCUT2D eigenvalue weighted by atomic mass is 16.3. The minimum atomic E-state index is 0.352. The van der Waals surface area contributed by atoms with E-state index in [0.29, 0.717) is 5.76 Å². The maximum absolute atomic E-state index is 9.89. The molecule has 3 aromatic rings. The van der Waals surface area contributed by atoms with Gasteiger partial charge >= 0.3 is 0 Å². The highest BCUT2D eigenvalue weighted by molar-refractivity contribution is 5.93. The molecule has 5 rings (SSSR count). The highest BCUT2D eigenvalue weighted by Crippen LogP contribution is 2.32. The quantitative estimate of drug-likeness (QED) is 0.672. The highest BCUT2D eigenvalue weighted by Gasteiger charge is 2.15. The molecule has 5 nitrogen and oxygen atoms in total. The first-order valence-electron chi connectivity index (χ1n) is 10.7. The Bertz CT molecular complexity index is 1100. The molecule has 0 atom stereocenters. The van der Waals surface area contributed by atoms with Gasteiger partial charge in [0.25, 0.3) is 0 Å². The fourth-order valence-electron chi connectivity index (χ4n) is 4.39. The van der Waals surface area contributed by atoms with Gasteiger partial charge in [0, 0.05) is 61.6 Å². The molecule has 5 heteroatoms. The van der Waals surface area contributed by atoms with Crippen LogP contribution in [-0.4, -0.2) is 58.1 Å². The van der Waals surface area contributed by atoms with Gasteiger partial charge in [-0.2, -0.15) is 0 Å². The van der Waals surface area contributed by atoms with Gasteiger partial charge in [-0.1, -0.05) is 24.3 Å². The van der Waals surface area contributed by atoms with Gasteiger partial charge in [-0.25, -0.2) is 4.98 Å². The van der Waals surface area contributed by atoms with Crippen molar-refractivity contribution in [1.29, 1.82) is 0 Å². The maximum Gasteiger partial charge on any atom is 0.137 e. The molecule has 1 saturated heterocycles. The summed E-state index contributed by atoms with van der Waals surface area (Å²) in [6, 6.07) is 11.1. The zero-order valence-electron chi connectivity index (χ0n) is 17.4. The monoisotopic (exact) mass is 400 g/mol. The lowest BCUT2D eigenvalue weighted by Crippen LogP contribution is -2.43. The summed E-state index contributed by atoms with van der Waals surface area (Å²) in [7, 11) is 2.19. The van der Waals surface area contributed by atoms with E-state index in [-0.39, 0.29) is 0 Å². The largest absolute Gasteiger partial charge is 0.508 e. The van der Waals surface area contributed by atoms with Crippen LogP contribution in [0.1, 0.15) is 24.0 Å². The second-order valence-electron chi connectivity index (χ2n) is 8.44. The summed E-state index contributed by atoms with van der Waals surface area (Å²) in [4.78, 5) is 12.8. The first kappa shape index (κ1) is 19.1. The van der Waals surface area contributed by atoms with Crippen molar-refractivity contribution in [1.82, 2.24) is 19.8 Å². The van der Waals surface area contributed by atoms with Crippen molar-refractivity contribution in [3.63, 3.8) is 0 Å². The fraction of sp³-hybridized carbons (Fsp3) is 0.320. The van der Waals surface area contributed by atoms with Gasteiger partial charge in [0.15, 0.2) is 0 Å². The van der Waals surface area contributed by atoms with E-state index in [4.69, 9.17) is 0 Å². The molecule has 2 N–H and O–H groups in total. The van der Waals surface area contributed by atoms with E-state index >= 15 is 0 Å². The number of nitrogens with zero attached hydrogens (tertiary/aromatic N) is 3. The van der Waals surface area contributed by atoms with Gasteiger partial charge in [0.05, 0.1) is 0 Å². The average molecular weight is 401 g/mol. The molecule has 0 unspecified atom stereocenters. The van der Waals surface area contributed by atoms with Crippen LogP contribution in [0, 0.1) is 0 Å². The van der Waals surface area contributed by atoms with Crippen molar-refractivity contribution in [2.24, 2.45) is 0 Å². The molecule has 0 bridgehead atoms. The normalized spacial score (nSPS) is 18.4. The molecule has 0 amide bonds. The Hall–Kier alpha value is -2.89. The van der Waals surface area contributed by atoms with Gasteiger partial charge in [0.2, 0.25) is 0 Å². The van der Waals surface area contributed by atoms with Crippen molar-refractivity contribution in [2.75, 3.05) is 33.2 Å². The van der Waals surface area contributed by atoms with Crippen molar-refractivity contribution >= 4 is 16.6 Å². The lowest BCUT2D eigenvalue weighted by Gasteiger charge is -2.32. The van der Waals surface area contributed by atoms with Gasteiger partial charge in [-0.3, -0.25) is 4.90 Å². The third-order valence-electron chi connectivity index (χ3n) is 6.26. The summed E-state index contributed by atoms with van der Waals surface area (Å²) in [5.74, 6) is 0.352. The van der Waals surface area contributed by atoms with Crippen LogP contribution in [0.2, 0.25) is 0 Å². The first-order valence-corrected chi connectivity index (χ1v) is 10.7. The second kappa shape index (κ2) is 8.09. The van der Waals surface area contributed by atoms with E-state index in [1.807, 2.05) is 24.5 Å². The van der Waals surface area contributed by atoms with Crippen LogP contribution >= 0.6 is 0 Å². The molecule has 30 heavy (non-hydrogen) atoms. The van der Waals surface area contributed by atoms with Gasteiger partial charge in [0.1, 0.15) is 11.4 Å². The van der Waals surface area contributed by atoms with Crippen molar-refractivity contribution in [3.8, 4) is 11.1 Å². The number of benzene rings is 1. The third kappa shape index (κ3) is 3.91. The number of fused-ring (bicyclic) bond motifs is 1. The maximum atomic E-state index is 9.89. The van der Waals surface area contributed by atoms with Crippen molar-refractivity contribution in [2.45, 2.75) is 19.4 Å².